The zero-order chi connectivity index (χ0) is 12.2. The summed E-state index contributed by atoms with van der Waals surface area (Å²) in [5.74, 6) is -0.588. The van der Waals surface area contributed by atoms with Crippen LogP contribution < -0.4 is 5.73 Å². The molecule has 0 radical (unpaired) electrons. The molecule has 1 aliphatic carbocycles. The number of carbonyl (C=O) groups is 2. The lowest BCUT2D eigenvalue weighted by atomic mass is 10.0. The van der Waals surface area contributed by atoms with Crippen LogP contribution in [0.1, 0.15) is 20.8 Å². The number of nitrogens with zero attached hydrogens (tertiary/aromatic N) is 1. The summed E-state index contributed by atoms with van der Waals surface area (Å²) in [6, 6.07) is -0.562. The molecule has 90 valence electrons. The second kappa shape index (κ2) is 3.28. The molecule has 3 N–H and O–H groups in total. The summed E-state index contributed by atoms with van der Waals surface area (Å²) in [5.41, 5.74) is 5.47. The summed E-state index contributed by atoms with van der Waals surface area (Å²) in [6.45, 7) is 5.55. The number of carbonyl (C=O) groups excluding carboxylic acids is 2. The molecule has 1 saturated carbocycles. The molecule has 0 aromatic carbocycles. The Labute approximate surface area is 94.6 Å². The molecule has 0 aromatic rings. The van der Waals surface area contributed by atoms with Crippen molar-refractivity contribution in [2.75, 3.05) is 6.54 Å². The molecule has 4 unspecified atom stereocenters. The number of likely N-dealkylation sites (tertiary alicyclic amines) is 1. The van der Waals surface area contributed by atoms with E-state index in [0.29, 0.717) is 0 Å². The van der Waals surface area contributed by atoms with Gasteiger partial charge in [-0.05, 0) is 12.3 Å². The Morgan fingerprint density at radius 1 is 1.38 bits per heavy atom. The summed E-state index contributed by atoms with van der Waals surface area (Å²) in [5, 5.41) is 9.26. The second-order valence-electron chi connectivity index (χ2n) is 5.47. The highest BCUT2D eigenvalue weighted by Crippen LogP contribution is 2.63. The maximum atomic E-state index is 11.9. The van der Waals surface area contributed by atoms with Gasteiger partial charge in [-0.3, -0.25) is 14.5 Å². The van der Waals surface area contributed by atoms with Gasteiger partial charge in [-0.1, -0.05) is 13.8 Å². The molecule has 2 rings (SSSR count). The van der Waals surface area contributed by atoms with Crippen LogP contribution >= 0.6 is 0 Å². The first-order valence-corrected chi connectivity index (χ1v) is 5.57. The van der Waals surface area contributed by atoms with Gasteiger partial charge in [0.15, 0.2) is 0 Å². The fourth-order valence-electron chi connectivity index (χ4n) is 2.55. The lowest BCUT2D eigenvalue weighted by molar-refractivity contribution is -0.143. The number of fused-ring (bicyclic) bond motifs is 1. The third kappa shape index (κ3) is 1.38. The van der Waals surface area contributed by atoms with Gasteiger partial charge in [0, 0.05) is 12.6 Å². The molecule has 1 heterocycles. The van der Waals surface area contributed by atoms with Crippen molar-refractivity contribution >= 4 is 11.8 Å². The number of nitrogens with two attached hydrogens (primary N) is 1. The number of imide groups is 1. The normalized spacial score (nSPS) is 34.9. The summed E-state index contributed by atoms with van der Waals surface area (Å²) in [7, 11) is 0. The SMILES string of the molecule is CC(O)C(N)CN1C(=O)C2C(C1=O)C2(C)C. The standard InChI is InChI=1S/C11H18N2O3/c1-5(14)6(12)4-13-9(15)7-8(10(13)16)11(7,2)3/h5-8,14H,4,12H2,1-3H3. The molecule has 16 heavy (non-hydrogen) atoms. The van der Waals surface area contributed by atoms with Crippen molar-refractivity contribution in [1.82, 2.24) is 4.90 Å². The highest BCUT2D eigenvalue weighted by molar-refractivity contribution is 6.10. The molecule has 0 spiro atoms. The zero-order valence-corrected chi connectivity index (χ0v) is 9.80. The number of piperidine rings is 1. The van der Waals surface area contributed by atoms with Crippen molar-refractivity contribution in [3.05, 3.63) is 0 Å². The molecular weight excluding hydrogens is 208 g/mol. The van der Waals surface area contributed by atoms with Crippen molar-refractivity contribution in [1.29, 1.82) is 0 Å². The van der Waals surface area contributed by atoms with E-state index in [-0.39, 0.29) is 35.6 Å². The lowest BCUT2D eigenvalue weighted by Crippen LogP contribution is -2.48. The average Bonchev–Trinajstić information content (AvgIpc) is 2.64. The second-order valence-corrected chi connectivity index (χ2v) is 5.47. The predicted octanol–water partition coefficient (Wildman–Crippen LogP) is -0.664. The monoisotopic (exact) mass is 226 g/mol. The Hall–Kier alpha value is -0.940. The van der Waals surface area contributed by atoms with Crippen molar-refractivity contribution in [2.45, 2.75) is 32.9 Å². The minimum absolute atomic E-state index is 0.123. The number of aliphatic hydroxyl groups is 1. The van der Waals surface area contributed by atoms with E-state index < -0.39 is 12.1 Å². The fraction of sp³-hybridized carbons (Fsp3) is 0.818. The molecule has 4 atom stereocenters. The largest absolute Gasteiger partial charge is 0.392 e. The van der Waals surface area contributed by atoms with Gasteiger partial charge in [0.1, 0.15) is 0 Å². The van der Waals surface area contributed by atoms with Gasteiger partial charge in [0.25, 0.3) is 0 Å². The number of hydrogen-bond donors (Lipinski definition) is 2. The van der Waals surface area contributed by atoms with Crippen molar-refractivity contribution < 1.29 is 14.7 Å². The predicted molar refractivity (Wildman–Crippen MR) is 57.1 cm³/mol. The summed E-state index contributed by atoms with van der Waals surface area (Å²) in [6.07, 6.45) is -0.717. The van der Waals surface area contributed by atoms with Gasteiger partial charge >= 0.3 is 0 Å². The highest BCUT2D eigenvalue weighted by atomic mass is 16.3. The van der Waals surface area contributed by atoms with E-state index in [1.165, 1.54) is 4.90 Å². The van der Waals surface area contributed by atoms with E-state index in [4.69, 9.17) is 5.73 Å². The van der Waals surface area contributed by atoms with Crippen molar-refractivity contribution in [3.8, 4) is 0 Å². The fourth-order valence-corrected chi connectivity index (χ4v) is 2.55. The van der Waals surface area contributed by atoms with Gasteiger partial charge in [-0.25, -0.2) is 0 Å². The third-order valence-corrected chi connectivity index (χ3v) is 3.90. The van der Waals surface area contributed by atoms with Gasteiger partial charge < -0.3 is 10.8 Å². The molecule has 2 amide bonds. The van der Waals surface area contributed by atoms with Crippen LogP contribution in [-0.4, -0.2) is 40.5 Å². The molecule has 0 bridgehead atoms. The molecule has 5 heteroatoms. The van der Waals surface area contributed by atoms with Crippen LogP contribution in [0.25, 0.3) is 0 Å². The van der Waals surface area contributed by atoms with E-state index in [2.05, 4.69) is 0 Å². The molecule has 1 aliphatic heterocycles. The van der Waals surface area contributed by atoms with Crippen LogP contribution in [-0.2, 0) is 9.59 Å². The minimum atomic E-state index is -0.717. The summed E-state index contributed by atoms with van der Waals surface area (Å²) >= 11 is 0. The van der Waals surface area contributed by atoms with Gasteiger partial charge in [-0.15, -0.1) is 0 Å². The molecular formula is C11H18N2O3. The summed E-state index contributed by atoms with van der Waals surface area (Å²) in [4.78, 5) is 25.0. The van der Waals surface area contributed by atoms with Crippen molar-refractivity contribution in [3.63, 3.8) is 0 Å². The van der Waals surface area contributed by atoms with Gasteiger partial charge in [0.05, 0.1) is 17.9 Å². The van der Waals surface area contributed by atoms with Crippen LogP contribution in [0.3, 0.4) is 0 Å². The van der Waals surface area contributed by atoms with Crippen LogP contribution in [0.5, 0.6) is 0 Å². The van der Waals surface area contributed by atoms with Gasteiger partial charge in [-0.2, -0.15) is 0 Å². The summed E-state index contributed by atoms with van der Waals surface area (Å²) < 4.78 is 0. The van der Waals surface area contributed by atoms with Crippen LogP contribution in [0.4, 0.5) is 0 Å². The number of rotatable bonds is 3. The van der Waals surface area contributed by atoms with E-state index in [1.54, 1.807) is 6.92 Å². The van der Waals surface area contributed by atoms with E-state index >= 15 is 0 Å². The first-order valence-electron chi connectivity index (χ1n) is 5.57. The van der Waals surface area contributed by atoms with E-state index in [9.17, 15) is 14.7 Å². The Balaban J connectivity index is 2.06. The molecule has 0 aromatic heterocycles. The van der Waals surface area contributed by atoms with E-state index in [1.807, 2.05) is 13.8 Å². The Kier molecular flexibility index (Phi) is 2.36. The molecule has 5 nitrogen and oxygen atoms in total. The molecule has 2 aliphatic rings. The first-order chi connectivity index (χ1) is 7.28. The average molecular weight is 226 g/mol. The zero-order valence-electron chi connectivity index (χ0n) is 9.80. The smallest absolute Gasteiger partial charge is 0.233 e. The third-order valence-electron chi connectivity index (χ3n) is 3.90. The van der Waals surface area contributed by atoms with Crippen molar-refractivity contribution in [2.24, 2.45) is 23.0 Å². The quantitative estimate of drug-likeness (QED) is 0.625. The van der Waals surface area contributed by atoms with Crippen LogP contribution in [0.2, 0.25) is 0 Å². The number of aliphatic hydroxyl groups excluding tert-OH is 1. The Morgan fingerprint density at radius 2 is 1.81 bits per heavy atom. The minimum Gasteiger partial charge on any atom is -0.392 e. The highest BCUT2D eigenvalue weighted by Gasteiger charge is 2.72. The number of amides is 2. The number of hydrogen-bond acceptors (Lipinski definition) is 4. The first kappa shape index (κ1) is 11.5. The Morgan fingerprint density at radius 3 is 2.19 bits per heavy atom. The Bertz CT molecular complexity index is 327. The molecule has 2 fully saturated rings. The van der Waals surface area contributed by atoms with Crippen LogP contribution in [0.15, 0.2) is 0 Å². The maximum Gasteiger partial charge on any atom is 0.233 e. The lowest BCUT2D eigenvalue weighted by Gasteiger charge is -2.24. The van der Waals surface area contributed by atoms with Crippen LogP contribution in [0, 0.1) is 17.3 Å². The van der Waals surface area contributed by atoms with E-state index in [0.717, 1.165) is 0 Å². The topological polar surface area (TPSA) is 83.6 Å². The van der Waals surface area contributed by atoms with Gasteiger partial charge in [0.2, 0.25) is 11.8 Å². The maximum absolute atomic E-state index is 11.9. The molecule has 1 saturated heterocycles.